The normalized spacial score (nSPS) is 17.4. The van der Waals surface area contributed by atoms with E-state index in [-0.39, 0.29) is 0 Å². The van der Waals surface area contributed by atoms with Crippen LogP contribution in [0.4, 0.5) is 14.5 Å². The number of hydrogen-bond acceptors (Lipinski definition) is 4. The molecule has 1 heterocycles. The van der Waals surface area contributed by atoms with Crippen LogP contribution in [0, 0.1) is 21.7 Å². The van der Waals surface area contributed by atoms with Crippen LogP contribution in [0.2, 0.25) is 0 Å². The van der Waals surface area contributed by atoms with Crippen LogP contribution in [0.15, 0.2) is 23.2 Å². The minimum atomic E-state index is -1.28. The van der Waals surface area contributed by atoms with Crippen LogP contribution >= 0.6 is 0 Å². The summed E-state index contributed by atoms with van der Waals surface area (Å²) in [7, 11) is 1.02. The van der Waals surface area contributed by atoms with Crippen molar-refractivity contribution in [1.29, 1.82) is 0 Å². The molecule has 1 unspecified atom stereocenters. The van der Waals surface area contributed by atoms with E-state index in [4.69, 9.17) is 0 Å². The quantitative estimate of drug-likeness (QED) is 0.628. The number of nitro benzene ring substituents is 1. The number of carbonyl (C=O) groups excluding carboxylic acids is 1. The van der Waals surface area contributed by atoms with Gasteiger partial charge in [0.05, 0.1) is 24.0 Å². The number of nitrogens with zero attached hydrogens (tertiary/aromatic N) is 2. The maximum absolute atomic E-state index is 14.2. The van der Waals surface area contributed by atoms with Gasteiger partial charge < -0.3 is 4.74 Å². The minimum Gasteiger partial charge on any atom is -0.488 e. The fourth-order valence-electron chi connectivity index (χ4n) is 1.88. The molecule has 1 atom stereocenters. The van der Waals surface area contributed by atoms with Crippen molar-refractivity contribution >= 4 is 17.8 Å². The van der Waals surface area contributed by atoms with Gasteiger partial charge in [-0.1, -0.05) is 6.08 Å². The highest BCUT2D eigenvalue weighted by Crippen LogP contribution is 2.38. The van der Waals surface area contributed by atoms with Crippen LogP contribution in [0.5, 0.6) is 5.75 Å². The Morgan fingerprint density at radius 1 is 1.45 bits per heavy atom. The summed E-state index contributed by atoms with van der Waals surface area (Å²) in [6.45, 7) is 0. The number of hydrogen-bond donors (Lipinski definition) is 0. The summed E-state index contributed by atoms with van der Waals surface area (Å²) in [5, 5.41) is 10.7. The number of carbonyl (C=O) groups is 1. The van der Waals surface area contributed by atoms with E-state index in [1.165, 1.54) is 18.4 Å². The fraction of sp³-hybridized carbons (Fsp3) is 0.167. The van der Waals surface area contributed by atoms with Gasteiger partial charge >= 0.3 is 5.69 Å². The average molecular weight is 282 g/mol. The molecule has 0 aromatic heterocycles. The predicted octanol–water partition coefficient (Wildman–Crippen LogP) is 2.13. The van der Waals surface area contributed by atoms with Crippen LogP contribution in [0.25, 0.3) is 0 Å². The molecule has 1 amide bonds. The SMILES string of the molecule is COc1c([N+](=O)[O-])cc(F)c(C2C=CC=NC2=O)c1F. The second-order valence-electron chi connectivity index (χ2n) is 3.87. The third kappa shape index (κ3) is 2.15. The summed E-state index contributed by atoms with van der Waals surface area (Å²) < 4.78 is 32.7. The third-order valence-corrected chi connectivity index (χ3v) is 2.76. The Kier molecular flexibility index (Phi) is 3.55. The number of methoxy groups -OCH3 is 1. The molecular weight excluding hydrogens is 274 g/mol. The number of rotatable bonds is 3. The van der Waals surface area contributed by atoms with E-state index in [0.29, 0.717) is 6.07 Å². The molecule has 0 bridgehead atoms. The Balaban J connectivity index is 2.66. The maximum atomic E-state index is 14.2. The highest BCUT2D eigenvalue weighted by Gasteiger charge is 2.32. The highest BCUT2D eigenvalue weighted by molar-refractivity contribution is 5.97. The lowest BCUT2D eigenvalue weighted by atomic mass is 9.94. The smallest absolute Gasteiger partial charge is 0.316 e. The van der Waals surface area contributed by atoms with E-state index in [9.17, 15) is 23.7 Å². The van der Waals surface area contributed by atoms with E-state index < -0.39 is 45.4 Å². The standard InChI is InChI=1S/C12H8F2N2O4/c1-20-11-8(16(18)19)5-7(13)9(10(11)14)6-3-2-4-15-12(6)17/h2-6H,1H3. The molecule has 1 aromatic carbocycles. The van der Waals surface area contributed by atoms with Crippen molar-refractivity contribution in [2.24, 2.45) is 4.99 Å². The van der Waals surface area contributed by atoms with Gasteiger partial charge in [-0.3, -0.25) is 14.9 Å². The van der Waals surface area contributed by atoms with E-state index in [0.717, 1.165) is 7.11 Å². The Bertz CT molecular complexity index is 655. The summed E-state index contributed by atoms with van der Waals surface area (Å²) in [5.41, 5.74) is -1.47. The zero-order chi connectivity index (χ0) is 14.9. The molecular formula is C12H8F2N2O4. The van der Waals surface area contributed by atoms with Crippen molar-refractivity contribution < 1.29 is 23.2 Å². The second-order valence-corrected chi connectivity index (χ2v) is 3.87. The number of aliphatic imine (C=N–C) groups is 1. The lowest BCUT2D eigenvalue weighted by Gasteiger charge is -2.15. The predicted molar refractivity (Wildman–Crippen MR) is 64.9 cm³/mol. The fourth-order valence-corrected chi connectivity index (χ4v) is 1.88. The van der Waals surface area contributed by atoms with Gasteiger partial charge in [0.2, 0.25) is 5.75 Å². The van der Waals surface area contributed by atoms with Gasteiger partial charge in [-0.25, -0.2) is 13.8 Å². The molecule has 0 aliphatic carbocycles. The van der Waals surface area contributed by atoms with E-state index >= 15 is 0 Å². The number of benzene rings is 1. The average Bonchev–Trinajstić information content (AvgIpc) is 2.40. The zero-order valence-electron chi connectivity index (χ0n) is 10.2. The van der Waals surface area contributed by atoms with Crippen LogP contribution in [-0.2, 0) is 4.79 Å². The maximum Gasteiger partial charge on any atom is 0.316 e. The molecule has 0 saturated heterocycles. The number of nitro groups is 1. The summed E-state index contributed by atoms with van der Waals surface area (Å²) in [5.74, 6) is -5.23. The van der Waals surface area contributed by atoms with E-state index in [1.54, 1.807) is 0 Å². The molecule has 104 valence electrons. The molecule has 0 saturated carbocycles. The summed E-state index contributed by atoms with van der Waals surface area (Å²) in [6.07, 6.45) is 3.80. The number of dihydropyridines is 1. The first kappa shape index (κ1) is 13.8. The van der Waals surface area contributed by atoms with Crippen LogP contribution < -0.4 is 4.74 Å². The van der Waals surface area contributed by atoms with Gasteiger partial charge in [-0.15, -0.1) is 0 Å². The first-order valence-electron chi connectivity index (χ1n) is 5.42. The van der Waals surface area contributed by atoms with Crippen molar-refractivity contribution in [2.45, 2.75) is 5.92 Å². The highest BCUT2D eigenvalue weighted by atomic mass is 19.1. The Hall–Kier alpha value is -2.64. The Labute approximate surface area is 111 Å². The van der Waals surface area contributed by atoms with Crippen LogP contribution in [-0.4, -0.2) is 24.2 Å². The van der Waals surface area contributed by atoms with Crippen molar-refractivity contribution in [1.82, 2.24) is 0 Å². The Morgan fingerprint density at radius 2 is 2.15 bits per heavy atom. The minimum absolute atomic E-state index is 0.524. The lowest BCUT2D eigenvalue weighted by Crippen LogP contribution is -2.15. The third-order valence-electron chi connectivity index (χ3n) is 2.76. The number of ether oxygens (including phenoxy) is 1. The van der Waals surface area contributed by atoms with E-state index in [1.807, 2.05) is 0 Å². The molecule has 0 radical (unpaired) electrons. The van der Waals surface area contributed by atoms with Gasteiger partial charge in [0, 0.05) is 11.8 Å². The summed E-state index contributed by atoms with van der Waals surface area (Å²) >= 11 is 0. The van der Waals surface area contributed by atoms with E-state index in [2.05, 4.69) is 9.73 Å². The van der Waals surface area contributed by atoms with Gasteiger partial charge in [-0.2, -0.15) is 0 Å². The van der Waals surface area contributed by atoms with Crippen LogP contribution in [0.3, 0.4) is 0 Å². The molecule has 6 nitrogen and oxygen atoms in total. The topological polar surface area (TPSA) is 81.8 Å². The van der Waals surface area contributed by atoms with Crippen molar-refractivity contribution in [3.63, 3.8) is 0 Å². The number of halogens is 2. The summed E-state index contributed by atoms with van der Waals surface area (Å²) in [4.78, 5) is 24.7. The van der Waals surface area contributed by atoms with Crippen molar-refractivity contribution in [3.8, 4) is 5.75 Å². The molecule has 1 aliphatic heterocycles. The lowest BCUT2D eigenvalue weighted by molar-refractivity contribution is -0.386. The molecule has 2 rings (SSSR count). The van der Waals surface area contributed by atoms with Gasteiger partial charge in [0.25, 0.3) is 5.91 Å². The molecule has 1 aliphatic rings. The first-order chi connectivity index (χ1) is 9.47. The summed E-state index contributed by atoms with van der Waals surface area (Å²) in [6, 6.07) is 0.524. The largest absolute Gasteiger partial charge is 0.488 e. The number of amides is 1. The molecule has 0 spiro atoms. The first-order valence-corrected chi connectivity index (χ1v) is 5.42. The molecule has 0 N–H and O–H groups in total. The molecule has 0 fully saturated rings. The number of allylic oxidation sites excluding steroid dienone is 1. The van der Waals surface area contributed by atoms with Gasteiger partial charge in [0.15, 0.2) is 5.82 Å². The van der Waals surface area contributed by atoms with Gasteiger partial charge in [0.1, 0.15) is 5.82 Å². The second kappa shape index (κ2) is 5.16. The van der Waals surface area contributed by atoms with Crippen molar-refractivity contribution in [2.75, 3.05) is 7.11 Å². The van der Waals surface area contributed by atoms with Crippen molar-refractivity contribution in [3.05, 3.63) is 45.5 Å². The van der Waals surface area contributed by atoms with Gasteiger partial charge in [-0.05, 0) is 6.08 Å². The molecule has 20 heavy (non-hydrogen) atoms. The monoisotopic (exact) mass is 282 g/mol. The van der Waals surface area contributed by atoms with Crippen LogP contribution in [0.1, 0.15) is 11.5 Å². The molecule has 1 aromatic rings. The zero-order valence-corrected chi connectivity index (χ0v) is 10.2. The molecule has 8 heteroatoms. The Morgan fingerprint density at radius 3 is 2.70 bits per heavy atom.